The Bertz CT molecular complexity index is 1120. The zero-order valence-corrected chi connectivity index (χ0v) is 20.5. The molecule has 2 aromatic rings. The Hall–Kier alpha value is -3.22. The van der Waals surface area contributed by atoms with Crippen molar-refractivity contribution in [2.24, 2.45) is 5.41 Å². The molecule has 2 fully saturated rings. The molecule has 0 atom stereocenters. The lowest BCUT2D eigenvalue weighted by Gasteiger charge is -2.40. The maximum Gasteiger partial charge on any atom is 0.315 e. The van der Waals surface area contributed by atoms with E-state index in [-0.39, 0.29) is 24.6 Å². The van der Waals surface area contributed by atoms with Gasteiger partial charge in [0.15, 0.2) is 11.5 Å². The van der Waals surface area contributed by atoms with E-state index in [2.05, 4.69) is 5.32 Å². The van der Waals surface area contributed by atoms with Crippen LogP contribution in [-0.2, 0) is 16.1 Å². The molecule has 1 N–H and O–H groups in total. The molecule has 0 spiro atoms. The van der Waals surface area contributed by atoms with Crippen LogP contribution in [0.5, 0.6) is 17.2 Å². The summed E-state index contributed by atoms with van der Waals surface area (Å²) in [6, 6.07) is 9.43. The summed E-state index contributed by atoms with van der Waals surface area (Å²) < 4.78 is 23.7. The summed E-state index contributed by atoms with van der Waals surface area (Å²) in [5.41, 5.74) is 2.63. The molecule has 0 unspecified atom stereocenters. The number of amides is 1. The summed E-state index contributed by atoms with van der Waals surface area (Å²) in [5.74, 6) is 1.30. The van der Waals surface area contributed by atoms with Crippen molar-refractivity contribution in [3.8, 4) is 28.4 Å². The third-order valence-electron chi connectivity index (χ3n) is 7.70. The number of esters is 1. The Morgan fingerprint density at radius 2 is 1.71 bits per heavy atom. The number of rotatable bonds is 8. The lowest BCUT2D eigenvalue weighted by molar-refractivity contribution is -0.171. The number of ether oxygens (including phenoxy) is 4. The maximum atomic E-state index is 13.3. The highest BCUT2D eigenvalue weighted by molar-refractivity contribution is 6.01. The second-order valence-electron chi connectivity index (χ2n) is 9.78. The number of nitrogens with one attached hydrogen (secondary N) is 1. The average molecular weight is 480 g/mol. The molecule has 2 aliphatic carbocycles. The van der Waals surface area contributed by atoms with Crippen LogP contribution in [0.3, 0.4) is 0 Å². The van der Waals surface area contributed by atoms with Crippen LogP contribution < -0.4 is 19.5 Å². The lowest BCUT2D eigenvalue weighted by atomic mass is 9.69. The first-order valence-corrected chi connectivity index (χ1v) is 12.6. The number of hydrogen-bond donors (Lipinski definition) is 1. The quantitative estimate of drug-likeness (QED) is 0.534. The van der Waals surface area contributed by atoms with Gasteiger partial charge in [-0.1, -0.05) is 25.0 Å². The SMILES string of the molecule is COc1ccc(-c2cccc3c2CNC3=O)c(OCC2(C(=O)OC3CCCCC3)CCC2)c1OC. The molecule has 0 aromatic heterocycles. The minimum atomic E-state index is -0.640. The highest BCUT2D eigenvalue weighted by atomic mass is 16.6. The molecule has 0 bridgehead atoms. The van der Waals surface area contributed by atoms with Gasteiger partial charge in [-0.15, -0.1) is 0 Å². The first-order chi connectivity index (χ1) is 17.1. The highest BCUT2D eigenvalue weighted by Gasteiger charge is 2.47. The minimum absolute atomic E-state index is 0.0209. The Kier molecular flexibility index (Phi) is 6.58. The first-order valence-electron chi connectivity index (χ1n) is 12.6. The van der Waals surface area contributed by atoms with E-state index in [0.717, 1.165) is 61.6 Å². The molecule has 0 saturated heterocycles. The van der Waals surface area contributed by atoms with Gasteiger partial charge >= 0.3 is 5.97 Å². The van der Waals surface area contributed by atoms with E-state index in [1.54, 1.807) is 14.2 Å². The topological polar surface area (TPSA) is 83.1 Å². The van der Waals surface area contributed by atoms with Gasteiger partial charge in [0.1, 0.15) is 18.1 Å². The maximum absolute atomic E-state index is 13.3. The second kappa shape index (κ2) is 9.80. The van der Waals surface area contributed by atoms with E-state index in [9.17, 15) is 9.59 Å². The van der Waals surface area contributed by atoms with E-state index in [4.69, 9.17) is 18.9 Å². The smallest absolute Gasteiger partial charge is 0.315 e. The fourth-order valence-corrected chi connectivity index (χ4v) is 5.44. The summed E-state index contributed by atoms with van der Waals surface area (Å²) in [7, 11) is 3.16. The van der Waals surface area contributed by atoms with Crippen LogP contribution in [0.15, 0.2) is 30.3 Å². The number of carbonyl (C=O) groups excluding carboxylic acids is 2. The second-order valence-corrected chi connectivity index (χ2v) is 9.78. The summed E-state index contributed by atoms with van der Waals surface area (Å²) in [6.07, 6.45) is 7.84. The minimum Gasteiger partial charge on any atom is -0.493 e. The van der Waals surface area contributed by atoms with Crippen molar-refractivity contribution in [3.63, 3.8) is 0 Å². The number of benzene rings is 2. The number of hydrogen-bond acceptors (Lipinski definition) is 6. The third kappa shape index (κ3) is 4.32. The Morgan fingerprint density at radius 3 is 2.40 bits per heavy atom. The number of carbonyl (C=O) groups is 2. The monoisotopic (exact) mass is 479 g/mol. The van der Waals surface area contributed by atoms with Gasteiger partial charge in [-0.05, 0) is 67.9 Å². The van der Waals surface area contributed by atoms with Crippen molar-refractivity contribution in [2.45, 2.75) is 64.0 Å². The standard InChI is InChI=1S/C28H33NO6/c1-32-23-13-12-20(19-10-6-11-21-22(19)16-29-26(21)30)24(25(23)33-2)34-17-28(14-7-15-28)27(31)35-18-8-4-3-5-9-18/h6,10-13,18H,3-5,7-9,14-17H2,1-2H3,(H,29,30). The molecule has 0 radical (unpaired) electrons. The first kappa shape index (κ1) is 23.5. The van der Waals surface area contributed by atoms with Crippen LogP contribution >= 0.6 is 0 Å². The van der Waals surface area contributed by atoms with Crippen molar-refractivity contribution < 1.29 is 28.5 Å². The Morgan fingerprint density at radius 1 is 0.943 bits per heavy atom. The molecule has 7 nitrogen and oxygen atoms in total. The van der Waals surface area contributed by atoms with Crippen molar-refractivity contribution in [1.29, 1.82) is 0 Å². The summed E-state index contributed by atoms with van der Waals surface area (Å²) in [4.78, 5) is 25.5. The normalized spacial score (nSPS) is 18.7. The van der Waals surface area contributed by atoms with Crippen LogP contribution in [0.1, 0.15) is 67.3 Å². The lowest BCUT2D eigenvalue weighted by Crippen LogP contribution is -2.45. The van der Waals surface area contributed by atoms with Gasteiger partial charge in [0, 0.05) is 17.7 Å². The van der Waals surface area contributed by atoms with Crippen LogP contribution in [0.25, 0.3) is 11.1 Å². The molecule has 7 heteroatoms. The number of fused-ring (bicyclic) bond motifs is 1. The third-order valence-corrected chi connectivity index (χ3v) is 7.70. The van der Waals surface area contributed by atoms with E-state index in [0.29, 0.717) is 29.4 Å². The van der Waals surface area contributed by atoms with E-state index < -0.39 is 5.41 Å². The van der Waals surface area contributed by atoms with Crippen molar-refractivity contribution >= 4 is 11.9 Å². The predicted molar refractivity (Wildman–Crippen MR) is 131 cm³/mol. The summed E-state index contributed by atoms with van der Waals surface area (Å²) in [6.45, 7) is 0.664. The fourth-order valence-electron chi connectivity index (χ4n) is 5.44. The fraction of sp³-hybridized carbons (Fsp3) is 0.500. The van der Waals surface area contributed by atoms with Crippen LogP contribution in [-0.4, -0.2) is 38.8 Å². The van der Waals surface area contributed by atoms with E-state index in [1.807, 2.05) is 30.3 Å². The van der Waals surface area contributed by atoms with Gasteiger partial charge in [0.2, 0.25) is 5.75 Å². The Labute approximate surface area is 206 Å². The van der Waals surface area contributed by atoms with Crippen molar-refractivity contribution in [3.05, 3.63) is 41.5 Å². The van der Waals surface area contributed by atoms with Crippen molar-refractivity contribution in [1.82, 2.24) is 5.32 Å². The summed E-state index contributed by atoms with van der Waals surface area (Å²) in [5, 5.41) is 2.90. The highest BCUT2D eigenvalue weighted by Crippen LogP contribution is 2.49. The molecule has 2 aromatic carbocycles. The molecule has 2 saturated carbocycles. The molecule has 5 rings (SSSR count). The summed E-state index contributed by atoms with van der Waals surface area (Å²) >= 11 is 0. The molecule has 186 valence electrons. The number of methoxy groups -OCH3 is 2. The van der Waals surface area contributed by atoms with Crippen molar-refractivity contribution in [2.75, 3.05) is 20.8 Å². The molecule has 1 aliphatic heterocycles. The van der Waals surface area contributed by atoms with Crippen LogP contribution in [0.4, 0.5) is 0 Å². The molecule has 1 heterocycles. The largest absolute Gasteiger partial charge is 0.493 e. The van der Waals surface area contributed by atoms with Crippen LogP contribution in [0, 0.1) is 5.41 Å². The average Bonchev–Trinajstić information content (AvgIpc) is 3.24. The van der Waals surface area contributed by atoms with E-state index in [1.165, 1.54) is 6.42 Å². The molecular weight excluding hydrogens is 446 g/mol. The molecule has 35 heavy (non-hydrogen) atoms. The van der Waals surface area contributed by atoms with Gasteiger partial charge < -0.3 is 24.3 Å². The Balaban J connectivity index is 1.46. The molecule has 1 amide bonds. The molecular formula is C28H33NO6. The van der Waals surface area contributed by atoms with Gasteiger partial charge in [0.05, 0.1) is 14.2 Å². The van der Waals surface area contributed by atoms with Crippen LogP contribution in [0.2, 0.25) is 0 Å². The van der Waals surface area contributed by atoms with Gasteiger partial charge in [-0.3, -0.25) is 9.59 Å². The van der Waals surface area contributed by atoms with Gasteiger partial charge in [-0.25, -0.2) is 0 Å². The van der Waals surface area contributed by atoms with Gasteiger partial charge in [-0.2, -0.15) is 0 Å². The predicted octanol–water partition coefficient (Wildman–Crippen LogP) is 5.04. The zero-order chi connectivity index (χ0) is 24.4. The van der Waals surface area contributed by atoms with Gasteiger partial charge in [0.25, 0.3) is 5.91 Å². The van der Waals surface area contributed by atoms with E-state index >= 15 is 0 Å². The zero-order valence-electron chi connectivity index (χ0n) is 20.5. The molecule has 3 aliphatic rings.